The molecule has 2 aliphatic carbocycles. The fourth-order valence-corrected chi connectivity index (χ4v) is 3.11. The molecule has 0 spiro atoms. The maximum atomic E-state index is 5.34. The van der Waals surface area contributed by atoms with Gasteiger partial charge in [-0.25, -0.2) is 0 Å². The van der Waals surface area contributed by atoms with Crippen LogP contribution in [0.25, 0.3) is 0 Å². The summed E-state index contributed by atoms with van der Waals surface area (Å²) in [5, 5.41) is 3.82. The molecule has 0 heterocycles. The Morgan fingerprint density at radius 3 is 2.94 bits per heavy atom. The van der Waals surface area contributed by atoms with Crippen LogP contribution in [0.2, 0.25) is 0 Å². The fraction of sp³-hybridized carbons (Fsp3) is 0.500. The molecule has 0 aromatic heterocycles. The van der Waals surface area contributed by atoms with Crippen molar-refractivity contribution in [2.24, 2.45) is 0 Å². The highest BCUT2D eigenvalue weighted by atomic mass is 16.5. The second-order valence-corrected chi connectivity index (χ2v) is 5.30. The van der Waals surface area contributed by atoms with Gasteiger partial charge >= 0.3 is 0 Å². The summed E-state index contributed by atoms with van der Waals surface area (Å²) in [6.45, 7) is 0. The first-order valence-electron chi connectivity index (χ1n) is 6.94. The van der Waals surface area contributed by atoms with E-state index in [9.17, 15) is 0 Å². The number of ether oxygens (including phenoxy) is 1. The second kappa shape index (κ2) is 5.15. The molecule has 2 heteroatoms. The SMILES string of the molecule is COc1ccc2c(c1)C(NC1CC=CCC1)CC2. The molecule has 2 nitrogen and oxygen atoms in total. The monoisotopic (exact) mass is 243 g/mol. The van der Waals surface area contributed by atoms with Crippen LogP contribution in [0.4, 0.5) is 0 Å². The average Bonchev–Trinajstić information content (AvgIpc) is 2.82. The first-order chi connectivity index (χ1) is 8.86. The number of aryl methyl sites for hydroxylation is 1. The molecule has 0 saturated heterocycles. The van der Waals surface area contributed by atoms with E-state index in [2.05, 4.69) is 35.7 Å². The molecule has 3 rings (SSSR count). The van der Waals surface area contributed by atoms with Gasteiger partial charge in [0, 0.05) is 12.1 Å². The van der Waals surface area contributed by atoms with Crippen molar-refractivity contribution in [3.05, 3.63) is 41.5 Å². The van der Waals surface area contributed by atoms with Crippen molar-refractivity contribution >= 4 is 0 Å². The van der Waals surface area contributed by atoms with Crippen LogP contribution in [0.3, 0.4) is 0 Å². The Labute approximate surface area is 109 Å². The Bertz CT molecular complexity index is 452. The van der Waals surface area contributed by atoms with Gasteiger partial charge in [-0.1, -0.05) is 18.2 Å². The fourth-order valence-electron chi connectivity index (χ4n) is 3.11. The first kappa shape index (κ1) is 11.8. The van der Waals surface area contributed by atoms with Crippen molar-refractivity contribution in [3.63, 3.8) is 0 Å². The second-order valence-electron chi connectivity index (χ2n) is 5.30. The Morgan fingerprint density at radius 1 is 1.22 bits per heavy atom. The lowest BCUT2D eigenvalue weighted by molar-refractivity contribution is 0.401. The number of hydrogen-bond acceptors (Lipinski definition) is 2. The lowest BCUT2D eigenvalue weighted by Crippen LogP contribution is -2.32. The van der Waals surface area contributed by atoms with E-state index in [0.29, 0.717) is 12.1 Å². The van der Waals surface area contributed by atoms with Crippen molar-refractivity contribution in [1.29, 1.82) is 0 Å². The Morgan fingerprint density at radius 2 is 2.17 bits per heavy atom. The van der Waals surface area contributed by atoms with Gasteiger partial charge in [0.1, 0.15) is 5.75 Å². The summed E-state index contributed by atoms with van der Waals surface area (Å²) in [7, 11) is 1.74. The molecule has 0 radical (unpaired) electrons. The molecular formula is C16H21NO. The van der Waals surface area contributed by atoms with Gasteiger partial charge in [0.25, 0.3) is 0 Å². The molecule has 1 aromatic rings. The third-order valence-electron chi connectivity index (χ3n) is 4.14. The third kappa shape index (κ3) is 2.30. The molecule has 0 bridgehead atoms. The van der Waals surface area contributed by atoms with Crippen molar-refractivity contribution < 1.29 is 4.74 Å². The first-order valence-corrected chi connectivity index (χ1v) is 6.94. The lowest BCUT2D eigenvalue weighted by atomic mass is 9.99. The summed E-state index contributed by atoms with van der Waals surface area (Å²) >= 11 is 0. The van der Waals surface area contributed by atoms with Crippen molar-refractivity contribution in [3.8, 4) is 5.75 Å². The van der Waals surface area contributed by atoms with Crippen LogP contribution in [-0.4, -0.2) is 13.2 Å². The largest absolute Gasteiger partial charge is 0.497 e. The molecule has 0 saturated carbocycles. The van der Waals surface area contributed by atoms with Gasteiger partial charge in [-0.15, -0.1) is 0 Å². The minimum absolute atomic E-state index is 0.520. The van der Waals surface area contributed by atoms with E-state index in [1.54, 1.807) is 7.11 Å². The molecule has 2 unspecified atom stereocenters. The van der Waals surface area contributed by atoms with Gasteiger partial charge in [-0.05, 0) is 55.4 Å². The number of rotatable bonds is 3. The zero-order valence-corrected chi connectivity index (χ0v) is 11.0. The van der Waals surface area contributed by atoms with Gasteiger partial charge in [-0.2, -0.15) is 0 Å². The number of methoxy groups -OCH3 is 1. The highest BCUT2D eigenvalue weighted by molar-refractivity contribution is 5.40. The topological polar surface area (TPSA) is 21.3 Å². The summed E-state index contributed by atoms with van der Waals surface area (Å²) in [4.78, 5) is 0. The van der Waals surface area contributed by atoms with E-state index in [1.807, 2.05) is 0 Å². The molecule has 1 N–H and O–H groups in total. The normalized spacial score (nSPS) is 26.1. The summed E-state index contributed by atoms with van der Waals surface area (Å²) in [5.41, 5.74) is 2.93. The van der Waals surface area contributed by atoms with Crippen molar-refractivity contribution in [1.82, 2.24) is 5.32 Å². The summed E-state index contributed by atoms with van der Waals surface area (Å²) in [5.74, 6) is 0.978. The van der Waals surface area contributed by atoms with E-state index in [4.69, 9.17) is 4.74 Å². The molecule has 18 heavy (non-hydrogen) atoms. The smallest absolute Gasteiger partial charge is 0.119 e. The maximum absolute atomic E-state index is 5.34. The van der Waals surface area contributed by atoms with Gasteiger partial charge < -0.3 is 10.1 Å². The predicted molar refractivity (Wildman–Crippen MR) is 74.0 cm³/mol. The molecule has 0 aliphatic heterocycles. The molecular weight excluding hydrogens is 222 g/mol. The molecule has 96 valence electrons. The van der Waals surface area contributed by atoms with E-state index in [-0.39, 0.29) is 0 Å². The Hall–Kier alpha value is -1.28. The third-order valence-corrected chi connectivity index (χ3v) is 4.14. The number of nitrogens with one attached hydrogen (secondary N) is 1. The number of benzene rings is 1. The van der Waals surface area contributed by atoms with Gasteiger partial charge in [0.15, 0.2) is 0 Å². The Balaban J connectivity index is 1.74. The molecule has 1 aromatic carbocycles. The lowest BCUT2D eigenvalue weighted by Gasteiger charge is -2.24. The van der Waals surface area contributed by atoms with E-state index < -0.39 is 0 Å². The van der Waals surface area contributed by atoms with E-state index >= 15 is 0 Å². The van der Waals surface area contributed by atoms with E-state index in [1.165, 1.54) is 43.2 Å². The number of hydrogen-bond donors (Lipinski definition) is 1. The number of allylic oxidation sites excluding steroid dienone is 1. The van der Waals surface area contributed by atoms with Gasteiger partial charge in [0.2, 0.25) is 0 Å². The van der Waals surface area contributed by atoms with Crippen LogP contribution >= 0.6 is 0 Å². The zero-order chi connectivity index (χ0) is 12.4. The molecule has 0 fully saturated rings. The maximum Gasteiger partial charge on any atom is 0.119 e. The van der Waals surface area contributed by atoms with Crippen LogP contribution in [0.1, 0.15) is 42.9 Å². The summed E-state index contributed by atoms with van der Waals surface area (Å²) in [6, 6.07) is 7.67. The minimum atomic E-state index is 0.520. The van der Waals surface area contributed by atoms with E-state index in [0.717, 1.165) is 5.75 Å². The standard InChI is InChI=1S/C16H21NO/c1-18-14-9-7-12-8-10-16(15(12)11-14)17-13-5-3-2-4-6-13/h2-3,7,9,11,13,16-17H,4-6,8,10H2,1H3. The van der Waals surface area contributed by atoms with Crippen LogP contribution in [0.5, 0.6) is 5.75 Å². The molecule has 2 atom stereocenters. The Kier molecular flexibility index (Phi) is 3.37. The van der Waals surface area contributed by atoms with Crippen LogP contribution in [0, 0.1) is 0 Å². The van der Waals surface area contributed by atoms with Crippen LogP contribution in [-0.2, 0) is 6.42 Å². The zero-order valence-electron chi connectivity index (χ0n) is 11.0. The highest BCUT2D eigenvalue weighted by Gasteiger charge is 2.25. The minimum Gasteiger partial charge on any atom is -0.497 e. The van der Waals surface area contributed by atoms with Crippen LogP contribution < -0.4 is 10.1 Å². The van der Waals surface area contributed by atoms with Gasteiger partial charge in [0.05, 0.1) is 7.11 Å². The van der Waals surface area contributed by atoms with Gasteiger partial charge in [-0.3, -0.25) is 0 Å². The number of fused-ring (bicyclic) bond motifs is 1. The quantitative estimate of drug-likeness (QED) is 0.822. The molecule has 0 amide bonds. The van der Waals surface area contributed by atoms with Crippen molar-refractivity contribution in [2.75, 3.05) is 7.11 Å². The highest BCUT2D eigenvalue weighted by Crippen LogP contribution is 2.34. The average molecular weight is 243 g/mol. The van der Waals surface area contributed by atoms with Crippen LogP contribution in [0.15, 0.2) is 30.4 Å². The molecule has 2 aliphatic rings. The predicted octanol–water partition coefficient (Wildman–Crippen LogP) is 3.38. The summed E-state index contributed by atoms with van der Waals surface area (Å²) in [6.07, 6.45) is 10.7. The summed E-state index contributed by atoms with van der Waals surface area (Å²) < 4.78 is 5.34. The van der Waals surface area contributed by atoms with Crippen molar-refractivity contribution in [2.45, 2.75) is 44.2 Å².